The Kier molecular flexibility index (Phi) is 3.73. The molecular formula is C14H14FN3OS. The van der Waals surface area contributed by atoms with E-state index in [2.05, 4.69) is 15.5 Å². The van der Waals surface area contributed by atoms with Crippen molar-refractivity contribution in [2.24, 2.45) is 0 Å². The van der Waals surface area contributed by atoms with Crippen molar-refractivity contribution in [3.63, 3.8) is 0 Å². The molecule has 20 heavy (non-hydrogen) atoms. The molecule has 0 aliphatic heterocycles. The summed E-state index contributed by atoms with van der Waals surface area (Å²) in [4.78, 5) is 12.0. The van der Waals surface area contributed by atoms with Gasteiger partial charge in [0.1, 0.15) is 10.8 Å². The van der Waals surface area contributed by atoms with E-state index in [0.717, 1.165) is 17.8 Å². The summed E-state index contributed by atoms with van der Waals surface area (Å²) >= 11 is 1.41. The second-order valence-corrected chi connectivity index (χ2v) is 5.90. The fourth-order valence-corrected chi connectivity index (χ4v) is 3.33. The van der Waals surface area contributed by atoms with Gasteiger partial charge in [-0.25, -0.2) is 4.39 Å². The Labute approximate surface area is 120 Å². The highest BCUT2D eigenvalue weighted by molar-refractivity contribution is 7.15. The maximum atomic E-state index is 13.1. The predicted octanol–water partition coefficient (Wildman–Crippen LogP) is 3.59. The van der Waals surface area contributed by atoms with Crippen molar-refractivity contribution in [2.75, 3.05) is 5.32 Å². The van der Waals surface area contributed by atoms with Gasteiger partial charge >= 0.3 is 0 Å². The molecule has 0 radical (unpaired) electrons. The van der Waals surface area contributed by atoms with Crippen molar-refractivity contribution in [1.82, 2.24) is 10.2 Å². The number of benzene rings is 1. The van der Waals surface area contributed by atoms with Gasteiger partial charge < -0.3 is 0 Å². The predicted molar refractivity (Wildman–Crippen MR) is 75.5 cm³/mol. The van der Waals surface area contributed by atoms with E-state index < -0.39 is 5.82 Å². The third-order valence-electron chi connectivity index (χ3n) is 3.45. The molecule has 4 nitrogen and oxygen atoms in total. The lowest BCUT2D eigenvalue weighted by molar-refractivity contribution is 0.102. The topological polar surface area (TPSA) is 54.9 Å². The van der Waals surface area contributed by atoms with Crippen LogP contribution in [-0.2, 0) is 0 Å². The first kappa shape index (κ1) is 13.2. The molecular weight excluding hydrogens is 277 g/mol. The molecule has 0 bridgehead atoms. The number of carbonyl (C=O) groups excluding carboxylic acids is 1. The minimum absolute atomic E-state index is 0.280. The molecule has 1 aromatic heterocycles. The third kappa shape index (κ3) is 2.85. The molecule has 1 amide bonds. The number of hydrogen-bond donors (Lipinski definition) is 1. The number of rotatable bonds is 3. The van der Waals surface area contributed by atoms with Crippen LogP contribution in [0.2, 0.25) is 0 Å². The van der Waals surface area contributed by atoms with Crippen LogP contribution in [0.15, 0.2) is 24.3 Å². The highest BCUT2D eigenvalue weighted by atomic mass is 32.1. The van der Waals surface area contributed by atoms with Gasteiger partial charge in [-0.05, 0) is 31.0 Å². The van der Waals surface area contributed by atoms with E-state index in [1.165, 1.54) is 42.4 Å². The zero-order chi connectivity index (χ0) is 13.9. The van der Waals surface area contributed by atoms with Crippen molar-refractivity contribution in [2.45, 2.75) is 31.6 Å². The van der Waals surface area contributed by atoms with Crippen LogP contribution in [-0.4, -0.2) is 16.1 Å². The minimum Gasteiger partial charge on any atom is -0.296 e. The Morgan fingerprint density at radius 3 is 2.85 bits per heavy atom. The number of anilines is 1. The fraction of sp³-hybridized carbons (Fsp3) is 0.357. The van der Waals surface area contributed by atoms with Crippen LogP contribution in [0.4, 0.5) is 9.52 Å². The summed E-state index contributed by atoms with van der Waals surface area (Å²) in [7, 11) is 0. The number of amides is 1. The Bertz CT molecular complexity index is 622. The van der Waals surface area contributed by atoms with Crippen LogP contribution in [0.1, 0.15) is 47.0 Å². The van der Waals surface area contributed by atoms with E-state index in [-0.39, 0.29) is 11.5 Å². The van der Waals surface area contributed by atoms with E-state index in [1.807, 2.05) is 0 Å². The van der Waals surface area contributed by atoms with Gasteiger partial charge in [0.15, 0.2) is 0 Å². The molecule has 1 N–H and O–H groups in total. The maximum Gasteiger partial charge on any atom is 0.257 e. The highest BCUT2D eigenvalue weighted by Gasteiger charge is 2.21. The van der Waals surface area contributed by atoms with Gasteiger partial charge in [0, 0.05) is 11.5 Å². The molecule has 0 atom stereocenters. The highest BCUT2D eigenvalue weighted by Crippen LogP contribution is 2.36. The molecule has 104 valence electrons. The summed E-state index contributed by atoms with van der Waals surface area (Å²) in [5, 5.41) is 12.3. The maximum absolute atomic E-state index is 13.1. The summed E-state index contributed by atoms with van der Waals surface area (Å²) in [5.41, 5.74) is 0.280. The number of hydrogen-bond acceptors (Lipinski definition) is 4. The van der Waals surface area contributed by atoms with Crippen LogP contribution in [0.3, 0.4) is 0 Å². The summed E-state index contributed by atoms with van der Waals surface area (Å²) < 4.78 is 13.1. The Balaban J connectivity index is 1.70. The zero-order valence-electron chi connectivity index (χ0n) is 10.8. The van der Waals surface area contributed by atoms with Crippen molar-refractivity contribution < 1.29 is 9.18 Å². The Morgan fingerprint density at radius 2 is 2.10 bits per heavy atom. The van der Waals surface area contributed by atoms with Crippen LogP contribution in [0, 0.1) is 5.82 Å². The normalized spacial score (nSPS) is 15.4. The lowest BCUT2D eigenvalue weighted by Crippen LogP contribution is -2.11. The van der Waals surface area contributed by atoms with Crippen LogP contribution in [0.5, 0.6) is 0 Å². The molecule has 1 heterocycles. The number of nitrogens with zero attached hydrogens (tertiary/aromatic N) is 2. The minimum atomic E-state index is -0.429. The van der Waals surface area contributed by atoms with Crippen LogP contribution < -0.4 is 5.32 Å². The molecule has 0 saturated heterocycles. The SMILES string of the molecule is O=C(Nc1nnc(C2CCCC2)s1)c1cccc(F)c1. The molecule has 0 spiro atoms. The average Bonchev–Trinajstić information content (AvgIpc) is 3.08. The molecule has 1 aliphatic rings. The molecule has 1 fully saturated rings. The number of carbonyl (C=O) groups is 1. The summed E-state index contributed by atoms with van der Waals surface area (Å²) in [6.07, 6.45) is 4.75. The van der Waals surface area contributed by atoms with Gasteiger partial charge in [0.25, 0.3) is 5.91 Å². The van der Waals surface area contributed by atoms with Crippen molar-refractivity contribution in [1.29, 1.82) is 0 Å². The molecule has 1 saturated carbocycles. The third-order valence-corrected chi connectivity index (χ3v) is 4.45. The van der Waals surface area contributed by atoms with Gasteiger partial charge in [-0.1, -0.05) is 30.2 Å². The Morgan fingerprint density at radius 1 is 1.30 bits per heavy atom. The molecule has 0 unspecified atom stereocenters. The van der Waals surface area contributed by atoms with E-state index in [9.17, 15) is 9.18 Å². The van der Waals surface area contributed by atoms with Gasteiger partial charge in [0.2, 0.25) is 5.13 Å². The second-order valence-electron chi connectivity index (χ2n) is 4.89. The number of aromatic nitrogens is 2. The van der Waals surface area contributed by atoms with Crippen molar-refractivity contribution in [3.05, 3.63) is 40.7 Å². The summed E-state index contributed by atoms with van der Waals surface area (Å²) in [6.45, 7) is 0. The molecule has 6 heteroatoms. The van der Waals surface area contributed by atoms with Crippen LogP contribution >= 0.6 is 11.3 Å². The fourth-order valence-electron chi connectivity index (χ4n) is 2.42. The van der Waals surface area contributed by atoms with Crippen molar-refractivity contribution >= 4 is 22.4 Å². The van der Waals surface area contributed by atoms with Crippen molar-refractivity contribution in [3.8, 4) is 0 Å². The standard InChI is InChI=1S/C14H14FN3OS/c15-11-7-3-6-10(8-11)12(19)16-14-18-17-13(20-14)9-4-1-2-5-9/h3,6-9H,1-2,4-5H2,(H,16,18,19). The van der Waals surface area contributed by atoms with Crippen LogP contribution in [0.25, 0.3) is 0 Å². The summed E-state index contributed by atoms with van der Waals surface area (Å²) in [6, 6.07) is 5.58. The zero-order valence-corrected chi connectivity index (χ0v) is 11.6. The summed E-state index contributed by atoms with van der Waals surface area (Å²) in [5.74, 6) is -0.312. The molecule has 1 aromatic carbocycles. The van der Waals surface area contributed by atoms with E-state index in [1.54, 1.807) is 6.07 Å². The molecule has 1 aliphatic carbocycles. The van der Waals surface area contributed by atoms with Gasteiger partial charge in [-0.3, -0.25) is 10.1 Å². The lowest BCUT2D eigenvalue weighted by atomic mass is 10.1. The average molecular weight is 291 g/mol. The largest absolute Gasteiger partial charge is 0.296 e. The van der Waals surface area contributed by atoms with Gasteiger partial charge in [-0.15, -0.1) is 10.2 Å². The van der Waals surface area contributed by atoms with Gasteiger partial charge in [0.05, 0.1) is 0 Å². The number of nitrogens with one attached hydrogen (secondary N) is 1. The molecule has 3 rings (SSSR count). The molecule has 2 aromatic rings. The first-order valence-electron chi connectivity index (χ1n) is 6.63. The lowest BCUT2D eigenvalue weighted by Gasteiger charge is -2.02. The quantitative estimate of drug-likeness (QED) is 0.940. The number of halogens is 1. The smallest absolute Gasteiger partial charge is 0.257 e. The van der Waals surface area contributed by atoms with E-state index in [0.29, 0.717) is 11.0 Å². The Hall–Kier alpha value is -1.82. The monoisotopic (exact) mass is 291 g/mol. The first-order chi connectivity index (χ1) is 9.72. The van der Waals surface area contributed by atoms with E-state index in [4.69, 9.17) is 0 Å². The second kappa shape index (κ2) is 5.66. The van der Waals surface area contributed by atoms with Gasteiger partial charge in [-0.2, -0.15) is 0 Å². The first-order valence-corrected chi connectivity index (χ1v) is 7.44. The van der Waals surface area contributed by atoms with E-state index >= 15 is 0 Å².